The monoisotopic (exact) mass is 363 g/mol. The molecule has 0 atom stereocenters. The molecule has 0 fully saturated rings. The summed E-state index contributed by atoms with van der Waals surface area (Å²) in [6, 6.07) is 12.8. The van der Waals surface area contributed by atoms with Crippen LogP contribution in [0.4, 0.5) is 5.69 Å². The third-order valence-corrected chi connectivity index (χ3v) is 3.94. The smallest absolute Gasteiger partial charge is 0.283 e. The van der Waals surface area contributed by atoms with Gasteiger partial charge in [-0.25, -0.2) is 0 Å². The van der Waals surface area contributed by atoms with E-state index in [1.54, 1.807) is 37.3 Å². The Balaban J connectivity index is 1.84. The second-order valence-electron chi connectivity index (χ2n) is 5.98. The summed E-state index contributed by atoms with van der Waals surface area (Å²) in [5.41, 5.74) is 1.89. The van der Waals surface area contributed by atoms with E-state index >= 15 is 0 Å². The fourth-order valence-electron chi connectivity index (χ4n) is 2.61. The number of carbonyl (C=O) groups excluding carboxylic acids is 3. The number of amides is 3. The Labute approximate surface area is 155 Å². The molecule has 136 valence electrons. The van der Waals surface area contributed by atoms with E-state index in [0.29, 0.717) is 17.0 Å². The summed E-state index contributed by atoms with van der Waals surface area (Å²) in [5.74, 6) is -1.33. The number of rotatable bonds is 3. The number of aromatic hydroxyl groups is 1. The molecule has 0 aromatic heterocycles. The number of carbonyl (C=O) groups is 3. The Bertz CT molecular complexity index is 991. The van der Waals surface area contributed by atoms with Gasteiger partial charge in [0.25, 0.3) is 11.8 Å². The van der Waals surface area contributed by atoms with Crippen LogP contribution in [0.25, 0.3) is 6.08 Å². The van der Waals surface area contributed by atoms with E-state index in [1.165, 1.54) is 31.2 Å². The first-order valence-electron chi connectivity index (χ1n) is 8.18. The van der Waals surface area contributed by atoms with Crippen molar-refractivity contribution in [2.75, 3.05) is 5.32 Å². The van der Waals surface area contributed by atoms with Crippen LogP contribution in [0.5, 0.6) is 5.75 Å². The van der Waals surface area contributed by atoms with Gasteiger partial charge >= 0.3 is 0 Å². The van der Waals surface area contributed by atoms with Crippen LogP contribution in [-0.4, -0.2) is 33.5 Å². The maximum Gasteiger partial charge on any atom is 0.283 e. The summed E-state index contributed by atoms with van der Waals surface area (Å²) < 4.78 is 0. The molecule has 3 amide bonds. The molecule has 0 saturated heterocycles. The second-order valence-corrected chi connectivity index (χ2v) is 5.98. The molecule has 1 aliphatic rings. The molecule has 0 saturated carbocycles. The molecule has 2 N–H and O–H groups in total. The highest BCUT2D eigenvalue weighted by molar-refractivity contribution is 6.30. The fourth-order valence-corrected chi connectivity index (χ4v) is 2.61. The van der Waals surface area contributed by atoms with E-state index in [1.807, 2.05) is 0 Å². The average molecular weight is 363 g/mol. The lowest BCUT2D eigenvalue weighted by atomic mass is 10.1. The average Bonchev–Trinajstić information content (AvgIpc) is 2.91. The van der Waals surface area contributed by atoms with Crippen LogP contribution in [0.1, 0.15) is 29.8 Å². The summed E-state index contributed by atoms with van der Waals surface area (Å²) >= 11 is 0. The van der Waals surface area contributed by atoms with E-state index in [4.69, 9.17) is 0 Å². The van der Waals surface area contributed by atoms with Crippen molar-refractivity contribution in [2.24, 2.45) is 5.10 Å². The minimum Gasteiger partial charge on any atom is -0.507 e. The predicted octanol–water partition coefficient (Wildman–Crippen LogP) is 2.79. The Kier molecular flexibility index (Phi) is 4.85. The Morgan fingerprint density at radius 1 is 1.11 bits per heavy atom. The van der Waals surface area contributed by atoms with Gasteiger partial charge in [0, 0.05) is 23.7 Å². The highest BCUT2D eigenvalue weighted by Crippen LogP contribution is 2.24. The maximum atomic E-state index is 12.6. The molecule has 2 aromatic carbocycles. The van der Waals surface area contributed by atoms with E-state index in [0.717, 1.165) is 5.01 Å². The largest absolute Gasteiger partial charge is 0.507 e. The number of benzene rings is 2. The lowest BCUT2D eigenvalue weighted by molar-refractivity contribution is -0.123. The number of hydrogen-bond donors (Lipinski definition) is 2. The summed E-state index contributed by atoms with van der Waals surface area (Å²) in [4.78, 5) is 36.3. The van der Waals surface area contributed by atoms with Crippen molar-refractivity contribution in [3.05, 3.63) is 65.2 Å². The normalized spacial score (nSPS) is 15.0. The number of para-hydroxylation sites is 1. The van der Waals surface area contributed by atoms with Crippen molar-refractivity contribution in [1.29, 1.82) is 0 Å². The third kappa shape index (κ3) is 3.77. The van der Waals surface area contributed by atoms with E-state index < -0.39 is 11.8 Å². The summed E-state index contributed by atoms with van der Waals surface area (Å²) in [5, 5.41) is 17.3. The zero-order chi connectivity index (χ0) is 19.6. The van der Waals surface area contributed by atoms with Gasteiger partial charge in [-0.1, -0.05) is 18.2 Å². The molecule has 0 aliphatic carbocycles. The Hall–Kier alpha value is -3.74. The molecule has 7 nitrogen and oxygen atoms in total. The van der Waals surface area contributed by atoms with Gasteiger partial charge in [-0.05, 0) is 43.3 Å². The minimum absolute atomic E-state index is 0.0314. The molecular formula is C20H17N3O4. The van der Waals surface area contributed by atoms with Crippen LogP contribution in [0.3, 0.4) is 0 Å². The SMILES string of the molecule is CC(=O)Nc1ccc(C(=O)N2N=C(C)/C(=C\c3ccccc3O)C2=O)cc1. The zero-order valence-electron chi connectivity index (χ0n) is 14.8. The van der Waals surface area contributed by atoms with Gasteiger partial charge in [0.1, 0.15) is 5.75 Å². The summed E-state index contributed by atoms with van der Waals surface area (Å²) in [7, 11) is 0. The van der Waals surface area contributed by atoms with Crippen molar-refractivity contribution in [1.82, 2.24) is 5.01 Å². The van der Waals surface area contributed by atoms with E-state index in [2.05, 4.69) is 10.4 Å². The topological polar surface area (TPSA) is 99.1 Å². The van der Waals surface area contributed by atoms with Gasteiger partial charge in [0.2, 0.25) is 5.91 Å². The standard InChI is InChI=1S/C20H17N3O4/c1-12-17(11-15-5-3-4-6-18(15)25)20(27)23(22-12)19(26)14-7-9-16(10-8-14)21-13(2)24/h3-11,25H,1-2H3,(H,21,24)/b17-11+. The molecule has 27 heavy (non-hydrogen) atoms. The fraction of sp³-hybridized carbons (Fsp3) is 0.100. The number of hydrogen-bond acceptors (Lipinski definition) is 5. The van der Waals surface area contributed by atoms with Crippen molar-refractivity contribution >= 4 is 35.2 Å². The van der Waals surface area contributed by atoms with Gasteiger partial charge in [-0.2, -0.15) is 10.1 Å². The van der Waals surface area contributed by atoms with Gasteiger partial charge < -0.3 is 10.4 Å². The number of nitrogens with zero attached hydrogens (tertiary/aromatic N) is 2. The highest BCUT2D eigenvalue weighted by Gasteiger charge is 2.33. The van der Waals surface area contributed by atoms with Crippen molar-refractivity contribution < 1.29 is 19.5 Å². The number of phenols is 1. The van der Waals surface area contributed by atoms with Crippen molar-refractivity contribution in [2.45, 2.75) is 13.8 Å². The first kappa shape index (κ1) is 18.1. The summed E-state index contributed by atoms with van der Waals surface area (Å²) in [6.45, 7) is 3.01. The van der Waals surface area contributed by atoms with Crippen LogP contribution >= 0.6 is 0 Å². The van der Waals surface area contributed by atoms with Gasteiger partial charge in [0.05, 0.1) is 11.3 Å². The molecule has 2 aromatic rings. The number of anilines is 1. The van der Waals surface area contributed by atoms with Gasteiger partial charge in [0.15, 0.2) is 0 Å². The van der Waals surface area contributed by atoms with Crippen molar-refractivity contribution in [3.63, 3.8) is 0 Å². The van der Waals surface area contributed by atoms with Crippen LogP contribution in [0.2, 0.25) is 0 Å². The van der Waals surface area contributed by atoms with Gasteiger partial charge in [-0.3, -0.25) is 14.4 Å². The van der Waals surface area contributed by atoms with Crippen LogP contribution < -0.4 is 5.32 Å². The van der Waals surface area contributed by atoms with E-state index in [-0.39, 0.29) is 22.8 Å². The summed E-state index contributed by atoms with van der Waals surface area (Å²) in [6.07, 6.45) is 1.50. The van der Waals surface area contributed by atoms with Gasteiger partial charge in [-0.15, -0.1) is 0 Å². The molecule has 1 heterocycles. The first-order valence-corrected chi connectivity index (χ1v) is 8.18. The minimum atomic E-state index is -0.575. The lowest BCUT2D eigenvalue weighted by Gasteiger charge is -2.10. The third-order valence-electron chi connectivity index (χ3n) is 3.94. The Morgan fingerprint density at radius 2 is 1.78 bits per heavy atom. The molecule has 1 aliphatic heterocycles. The number of hydrazone groups is 1. The highest BCUT2D eigenvalue weighted by atomic mass is 16.3. The zero-order valence-corrected chi connectivity index (χ0v) is 14.8. The number of phenolic OH excluding ortho intramolecular Hbond substituents is 1. The van der Waals surface area contributed by atoms with Crippen molar-refractivity contribution in [3.8, 4) is 5.75 Å². The van der Waals surface area contributed by atoms with Crippen LogP contribution in [0, 0.1) is 0 Å². The second kappa shape index (κ2) is 7.25. The maximum absolute atomic E-state index is 12.6. The number of nitrogens with one attached hydrogen (secondary N) is 1. The molecule has 0 unspecified atom stereocenters. The lowest BCUT2D eigenvalue weighted by Crippen LogP contribution is -2.29. The van der Waals surface area contributed by atoms with Crippen LogP contribution in [-0.2, 0) is 9.59 Å². The molecule has 3 rings (SSSR count). The number of imide groups is 1. The first-order chi connectivity index (χ1) is 12.9. The van der Waals surface area contributed by atoms with Crippen LogP contribution in [0.15, 0.2) is 59.2 Å². The Morgan fingerprint density at radius 3 is 2.41 bits per heavy atom. The molecule has 0 spiro atoms. The molecule has 0 bridgehead atoms. The van der Waals surface area contributed by atoms with E-state index in [9.17, 15) is 19.5 Å². The predicted molar refractivity (Wildman–Crippen MR) is 101 cm³/mol. The molecule has 7 heteroatoms. The molecule has 0 radical (unpaired) electrons. The quantitative estimate of drug-likeness (QED) is 0.647. The molecular weight excluding hydrogens is 346 g/mol.